The quantitative estimate of drug-likeness (QED) is 0.497. The van der Waals surface area contributed by atoms with E-state index in [0.29, 0.717) is 11.5 Å². The van der Waals surface area contributed by atoms with Crippen LogP contribution in [-0.4, -0.2) is 38.7 Å². The molecule has 1 N–H and O–H groups in total. The number of benzene rings is 1. The van der Waals surface area contributed by atoms with E-state index in [1.807, 2.05) is 30.3 Å². The normalized spacial score (nSPS) is 25.8. The first-order chi connectivity index (χ1) is 10.2. The van der Waals surface area contributed by atoms with Crippen LogP contribution >= 0.6 is 0 Å². The molecule has 5 heteroatoms. The van der Waals surface area contributed by atoms with Crippen LogP contribution in [0, 0.1) is 5.21 Å². The Labute approximate surface area is 122 Å². The van der Waals surface area contributed by atoms with Gasteiger partial charge in [0.25, 0.3) is 12.3 Å². The van der Waals surface area contributed by atoms with Gasteiger partial charge < -0.3 is 9.62 Å². The van der Waals surface area contributed by atoms with Crippen molar-refractivity contribution in [2.75, 3.05) is 0 Å². The van der Waals surface area contributed by atoms with Gasteiger partial charge in [0.05, 0.1) is 0 Å². The van der Waals surface area contributed by atoms with Gasteiger partial charge in [-0.1, -0.05) is 18.2 Å². The second kappa shape index (κ2) is 4.62. The van der Waals surface area contributed by atoms with E-state index in [2.05, 4.69) is 0 Å². The van der Waals surface area contributed by atoms with Crippen molar-refractivity contribution in [2.45, 2.75) is 37.8 Å². The fraction of sp³-hybridized carbons (Fsp3) is 0.375. The number of nitrogens with zero attached hydrogens (tertiary/aromatic N) is 2. The van der Waals surface area contributed by atoms with Crippen LogP contribution in [-0.2, 0) is 0 Å². The number of furan rings is 1. The third kappa shape index (κ3) is 1.92. The molecular weight excluding hydrogens is 268 g/mol. The Balaban J connectivity index is 1.82. The van der Waals surface area contributed by atoms with Crippen molar-refractivity contribution in [3.05, 3.63) is 41.3 Å². The maximum absolute atomic E-state index is 12.6. The minimum absolute atomic E-state index is 0.107. The summed E-state index contributed by atoms with van der Waals surface area (Å²) in [6, 6.07) is 9.19. The van der Waals surface area contributed by atoms with E-state index in [0.717, 1.165) is 41.4 Å². The molecule has 1 aromatic heterocycles. The highest BCUT2D eigenvalue weighted by molar-refractivity contribution is 6.33. The zero-order chi connectivity index (χ0) is 14.4. The Morgan fingerprint density at radius 2 is 1.90 bits per heavy atom. The number of hydrogen-bond donors (Lipinski definition) is 1. The minimum Gasteiger partial charge on any atom is -0.623 e. The van der Waals surface area contributed by atoms with E-state index in [-0.39, 0.29) is 12.1 Å². The number of rotatable bonds is 1. The number of hydroxylamine groups is 2. The lowest BCUT2D eigenvalue weighted by Gasteiger charge is -2.27. The van der Waals surface area contributed by atoms with Crippen LogP contribution in [0.15, 0.2) is 34.7 Å². The molecule has 5 nitrogen and oxygen atoms in total. The molecule has 1 aromatic carbocycles. The van der Waals surface area contributed by atoms with Crippen LogP contribution in [0.2, 0.25) is 0 Å². The lowest BCUT2D eigenvalue weighted by Crippen LogP contribution is -2.51. The Hall–Kier alpha value is -2.30. The summed E-state index contributed by atoms with van der Waals surface area (Å²) in [4.78, 5) is 0. The second-order valence-corrected chi connectivity index (χ2v) is 5.79. The molecule has 0 unspecified atom stereocenters. The van der Waals surface area contributed by atoms with E-state index < -0.39 is 0 Å². The van der Waals surface area contributed by atoms with Gasteiger partial charge in [-0.05, 0) is 29.7 Å². The first-order valence-corrected chi connectivity index (χ1v) is 7.38. The van der Waals surface area contributed by atoms with Crippen LogP contribution in [0.3, 0.4) is 0 Å². The average molecular weight is 285 g/mol. The maximum Gasteiger partial charge on any atom is 0.323 e. The molecule has 1 aliphatic heterocycles. The molecule has 2 heterocycles. The number of para-hydroxylation sites is 1. The van der Waals surface area contributed by atoms with E-state index in [9.17, 15) is 10.4 Å². The standard InChI is InChI=1S/C16H17N2O3/c19-17-10-14(18(20)13-7-3-2-6-12(13)17)16-9-11-5-1-4-8-15(11)21-16/h1,4-5,8-10,12-13,19H,2-3,6-7H2/q+1/t12-,13+/m0/s1. The van der Waals surface area contributed by atoms with Gasteiger partial charge in [0.1, 0.15) is 5.58 Å². The van der Waals surface area contributed by atoms with Gasteiger partial charge in [0, 0.05) is 18.2 Å². The molecule has 1 saturated carbocycles. The molecule has 0 amide bonds. The third-order valence-corrected chi connectivity index (χ3v) is 4.50. The summed E-state index contributed by atoms with van der Waals surface area (Å²) in [6.45, 7) is 0. The molecule has 1 fully saturated rings. The van der Waals surface area contributed by atoms with Gasteiger partial charge in [-0.2, -0.15) is 4.74 Å². The molecule has 21 heavy (non-hydrogen) atoms. The first kappa shape index (κ1) is 12.4. The number of fused-ring (bicyclic) bond motifs is 2. The van der Waals surface area contributed by atoms with Crippen LogP contribution < -0.4 is 0 Å². The highest BCUT2D eigenvalue weighted by atomic mass is 16.5. The lowest BCUT2D eigenvalue weighted by atomic mass is 9.89. The monoisotopic (exact) mass is 285 g/mol. The summed E-state index contributed by atoms with van der Waals surface area (Å²) >= 11 is 0. The second-order valence-electron chi connectivity index (χ2n) is 5.79. The van der Waals surface area contributed by atoms with Crippen molar-refractivity contribution >= 4 is 22.9 Å². The molecule has 0 spiro atoms. The molecule has 0 bridgehead atoms. The molecule has 1 aliphatic carbocycles. The van der Waals surface area contributed by atoms with Gasteiger partial charge in [-0.25, -0.2) is 0 Å². The molecule has 2 aromatic rings. The summed E-state index contributed by atoms with van der Waals surface area (Å²) < 4.78 is 7.98. The predicted molar refractivity (Wildman–Crippen MR) is 78.1 cm³/mol. The number of hydrogen-bond acceptors (Lipinski definition) is 3. The first-order valence-electron chi connectivity index (χ1n) is 7.38. The van der Waals surface area contributed by atoms with Crippen LogP contribution in [0.1, 0.15) is 31.4 Å². The van der Waals surface area contributed by atoms with Gasteiger partial charge >= 0.3 is 5.71 Å². The maximum atomic E-state index is 12.6. The van der Waals surface area contributed by atoms with Gasteiger partial charge in [-0.15, -0.1) is 0 Å². The van der Waals surface area contributed by atoms with E-state index in [1.54, 1.807) is 0 Å². The summed E-state index contributed by atoms with van der Waals surface area (Å²) in [7, 11) is 0. The van der Waals surface area contributed by atoms with E-state index >= 15 is 0 Å². The summed E-state index contributed by atoms with van der Waals surface area (Å²) in [5.74, 6) is 0.509. The van der Waals surface area contributed by atoms with Crippen molar-refractivity contribution in [1.82, 2.24) is 0 Å². The third-order valence-electron chi connectivity index (χ3n) is 4.50. The zero-order valence-electron chi connectivity index (χ0n) is 11.6. The van der Waals surface area contributed by atoms with Crippen molar-refractivity contribution in [2.24, 2.45) is 0 Å². The molecule has 0 saturated heterocycles. The van der Waals surface area contributed by atoms with E-state index in [1.165, 1.54) is 11.0 Å². The molecule has 4 rings (SSSR count). The molecule has 108 valence electrons. The van der Waals surface area contributed by atoms with Gasteiger partial charge in [-0.3, -0.25) is 5.21 Å². The molecule has 2 aliphatic rings. The highest BCUT2D eigenvalue weighted by Gasteiger charge is 2.46. The SMILES string of the molecule is [O-][N+]1=C(c2cc3ccccc3o2)C=[N+](O)[C@H]2CCCC[C@H]21. The fourth-order valence-electron chi connectivity index (χ4n) is 3.41. The Morgan fingerprint density at radius 3 is 2.71 bits per heavy atom. The van der Waals surface area contributed by atoms with Crippen LogP contribution in [0.25, 0.3) is 11.0 Å². The fourth-order valence-corrected chi connectivity index (χ4v) is 3.41. The Kier molecular flexibility index (Phi) is 2.74. The van der Waals surface area contributed by atoms with Gasteiger partial charge in [0.15, 0.2) is 0 Å². The minimum atomic E-state index is -0.197. The van der Waals surface area contributed by atoms with Crippen molar-refractivity contribution in [3.63, 3.8) is 0 Å². The Bertz CT molecular complexity index is 727. The summed E-state index contributed by atoms with van der Waals surface area (Å²) in [5.41, 5.74) is 1.15. The molecule has 2 atom stereocenters. The zero-order valence-corrected chi connectivity index (χ0v) is 11.6. The van der Waals surface area contributed by atoms with Crippen LogP contribution in [0.4, 0.5) is 0 Å². The Morgan fingerprint density at radius 1 is 1.14 bits per heavy atom. The average Bonchev–Trinajstić information content (AvgIpc) is 2.94. The summed E-state index contributed by atoms with van der Waals surface area (Å²) in [6.07, 6.45) is 5.24. The van der Waals surface area contributed by atoms with Crippen LogP contribution in [0.5, 0.6) is 0 Å². The molecule has 0 radical (unpaired) electrons. The highest BCUT2D eigenvalue weighted by Crippen LogP contribution is 2.26. The topological polar surface area (TPSA) is 62.5 Å². The van der Waals surface area contributed by atoms with Crippen molar-refractivity contribution < 1.29 is 19.1 Å². The molecular formula is C16H17N2O3+. The largest absolute Gasteiger partial charge is 0.623 e. The predicted octanol–water partition coefficient (Wildman–Crippen LogP) is 2.53. The lowest BCUT2D eigenvalue weighted by molar-refractivity contribution is -0.819. The van der Waals surface area contributed by atoms with Crippen molar-refractivity contribution in [3.8, 4) is 0 Å². The smallest absolute Gasteiger partial charge is 0.323 e. The summed E-state index contributed by atoms with van der Waals surface area (Å²) in [5, 5.41) is 23.8. The van der Waals surface area contributed by atoms with Gasteiger partial charge in [0.2, 0.25) is 11.8 Å². The van der Waals surface area contributed by atoms with Crippen molar-refractivity contribution in [1.29, 1.82) is 0 Å². The van der Waals surface area contributed by atoms with E-state index in [4.69, 9.17) is 4.42 Å².